The van der Waals surface area contributed by atoms with Crippen LogP contribution < -0.4 is 0 Å². The lowest BCUT2D eigenvalue weighted by Crippen LogP contribution is -2.27. The highest BCUT2D eigenvalue weighted by atomic mass is 19.4. The minimum atomic E-state index is -4.40. The largest absolute Gasteiger partial charge is 0.433 e. The van der Waals surface area contributed by atoms with E-state index in [0.29, 0.717) is 13.0 Å². The number of alkyl halides is 3. The van der Waals surface area contributed by atoms with Crippen molar-refractivity contribution in [2.75, 3.05) is 13.6 Å². The molecule has 0 aromatic carbocycles. The molecule has 0 aliphatic carbocycles. The van der Waals surface area contributed by atoms with E-state index in [2.05, 4.69) is 26.5 Å². The predicted octanol–water partition coefficient (Wildman–Crippen LogP) is 3.68. The van der Waals surface area contributed by atoms with E-state index in [1.54, 1.807) is 6.20 Å². The lowest BCUT2D eigenvalue weighted by Gasteiger charge is -2.24. The van der Waals surface area contributed by atoms with Crippen LogP contribution in [-0.2, 0) is 32.1 Å². The van der Waals surface area contributed by atoms with Crippen LogP contribution in [0.1, 0.15) is 22.5 Å². The first-order valence-electron chi connectivity index (χ1n) is 8.58. The van der Waals surface area contributed by atoms with Crippen molar-refractivity contribution in [3.63, 3.8) is 0 Å². The standard InChI is InChI=1S/C19H19F3N4/c1-25-8-6-16-15(12-25)14-4-7-23-11-17(14)26(16)9-5-13-2-3-18(24-10-13)19(20,21)22/h2-4,7,10-11H,5-6,8-9,12H2,1H3. The number of likely N-dealkylation sites (N-methyl/N-ethyl adjacent to an activating group) is 1. The predicted molar refractivity (Wildman–Crippen MR) is 92.7 cm³/mol. The van der Waals surface area contributed by atoms with E-state index in [4.69, 9.17) is 0 Å². The molecule has 3 aromatic heterocycles. The van der Waals surface area contributed by atoms with Crippen molar-refractivity contribution in [1.82, 2.24) is 19.4 Å². The van der Waals surface area contributed by atoms with Crippen LogP contribution in [0, 0.1) is 0 Å². The van der Waals surface area contributed by atoms with Gasteiger partial charge in [-0.25, -0.2) is 0 Å². The van der Waals surface area contributed by atoms with Gasteiger partial charge in [0, 0.05) is 49.5 Å². The molecule has 136 valence electrons. The van der Waals surface area contributed by atoms with Crippen LogP contribution in [0.4, 0.5) is 13.2 Å². The maximum Gasteiger partial charge on any atom is 0.433 e. The monoisotopic (exact) mass is 360 g/mol. The number of hydrogen-bond donors (Lipinski definition) is 0. The van der Waals surface area contributed by atoms with Crippen molar-refractivity contribution in [2.24, 2.45) is 0 Å². The third-order valence-corrected chi connectivity index (χ3v) is 4.99. The van der Waals surface area contributed by atoms with Gasteiger partial charge in [0.25, 0.3) is 0 Å². The average Bonchev–Trinajstić information content (AvgIpc) is 2.93. The topological polar surface area (TPSA) is 34.0 Å². The Labute approximate surface area is 149 Å². The molecule has 0 atom stereocenters. The normalized spacial score (nSPS) is 15.4. The van der Waals surface area contributed by atoms with Crippen molar-refractivity contribution in [3.05, 3.63) is 59.3 Å². The maximum absolute atomic E-state index is 12.6. The first-order valence-corrected chi connectivity index (χ1v) is 8.58. The number of aryl methyl sites for hydroxylation is 2. The van der Waals surface area contributed by atoms with Gasteiger partial charge >= 0.3 is 6.18 Å². The van der Waals surface area contributed by atoms with Crippen LogP contribution in [0.25, 0.3) is 10.9 Å². The molecule has 4 rings (SSSR count). The first-order chi connectivity index (χ1) is 12.4. The molecular formula is C19H19F3N4. The van der Waals surface area contributed by atoms with Gasteiger partial charge in [-0.2, -0.15) is 13.2 Å². The Hall–Kier alpha value is -2.41. The van der Waals surface area contributed by atoms with Crippen LogP contribution in [0.3, 0.4) is 0 Å². The number of rotatable bonds is 3. The van der Waals surface area contributed by atoms with E-state index in [0.717, 1.165) is 36.7 Å². The van der Waals surface area contributed by atoms with Gasteiger partial charge in [0.05, 0.1) is 11.7 Å². The lowest BCUT2D eigenvalue weighted by molar-refractivity contribution is -0.141. The molecule has 4 nitrogen and oxygen atoms in total. The summed E-state index contributed by atoms with van der Waals surface area (Å²) in [5, 5.41) is 1.21. The van der Waals surface area contributed by atoms with Gasteiger partial charge in [-0.1, -0.05) is 6.07 Å². The summed E-state index contributed by atoms with van der Waals surface area (Å²) in [6, 6.07) is 4.61. The number of pyridine rings is 2. The van der Waals surface area contributed by atoms with E-state index >= 15 is 0 Å². The van der Waals surface area contributed by atoms with Gasteiger partial charge in [-0.05, 0) is 36.7 Å². The number of fused-ring (bicyclic) bond motifs is 3. The Bertz CT molecular complexity index is 928. The summed E-state index contributed by atoms with van der Waals surface area (Å²) in [6.45, 7) is 2.61. The lowest BCUT2D eigenvalue weighted by atomic mass is 10.1. The zero-order valence-electron chi connectivity index (χ0n) is 14.4. The molecule has 0 unspecified atom stereocenters. The third-order valence-electron chi connectivity index (χ3n) is 4.99. The Morgan fingerprint density at radius 2 is 2.00 bits per heavy atom. The number of nitrogens with zero attached hydrogens (tertiary/aromatic N) is 4. The number of aromatic nitrogens is 3. The molecule has 0 saturated carbocycles. The highest BCUT2D eigenvalue weighted by Crippen LogP contribution is 2.30. The number of halogens is 3. The van der Waals surface area contributed by atoms with Crippen LogP contribution in [0.15, 0.2) is 36.8 Å². The molecule has 1 aliphatic heterocycles. The van der Waals surface area contributed by atoms with Crippen molar-refractivity contribution in [1.29, 1.82) is 0 Å². The molecule has 0 amide bonds. The van der Waals surface area contributed by atoms with E-state index in [1.807, 2.05) is 12.3 Å². The van der Waals surface area contributed by atoms with E-state index in [1.165, 1.54) is 28.9 Å². The summed E-state index contributed by atoms with van der Waals surface area (Å²) in [4.78, 5) is 10.1. The van der Waals surface area contributed by atoms with E-state index in [9.17, 15) is 13.2 Å². The summed E-state index contributed by atoms with van der Waals surface area (Å²) in [5.41, 5.74) is 3.68. The van der Waals surface area contributed by atoms with Crippen LogP contribution in [0.2, 0.25) is 0 Å². The SMILES string of the molecule is CN1CCc2c(c3ccncc3n2CCc2ccc(C(F)(F)F)nc2)C1. The van der Waals surface area contributed by atoms with E-state index < -0.39 is 11.9 Å². The Morgan fingerprint density at radius 3 is 2.73 bits per heavy atom. The highest BCUT2D eigenvalue weighted by molar-refractivity contribution is 5.85. The Balaban J connectivity index is 1.62. The maximum atomic E-state index is 12.6. The molecule has 7 heteroatoms. The molecule has 0 bridgehead atoms. The molecular weight excluding hydrogens is 341 g/mol. The van der Waals surface area contributed by atoms with Crippen LogP contribution in [0.5, 0.6) is 0 Å². The van der Waals surface area contributed by atoms with Crippen molar-refractivity contribution >= 4 is 10.9 Å². The fourth-order valence-corrected chi connectivity index (χ4v) is 3.66. The van der Waals surface area contributed by atoms with Gasteiger partial charge in [0.1, 0.15) is 5.69 Å². The van der Waals surface area contributed by atoms with Crippen LogP contribution >= 0.6 is 0 Å². The fourth-order valence-electron chi connectivity index (χ4n) is 3.66. The average molecular weight is 360 g/mol. The fraction of sp³-hybridized carbons (Fsp3) is 0.368. The Morgan fingerprint density at radius 1 is 1.15 bits per heavy atom. The van der Waals surface area contributed by atoms with Crippen LogP contribution in [-0.4, -0.2) is 33.0 Å². The molecule has 0 saturated heterocycles. The minimum Gasteiger partial charge on any atom is -0.343 e. The molecule has 0 fully saturated rings. The van der Waals surface area contributed by atoms with Gasteiger partial charge in [0.15, 0.2) is 0 Å². The first kappa shape index (κ1) is 17.0. The summed E-state index contributed by atoms with van der Waals surface area (Å²) < 4.78 is 40.2. The highest BCUT2D eigenvalue weighted by Gasteiger charge is 2.32. The van der Waals surface area contributed by atoms with Crippen molar-refractivity contribution < 1.29 is 13.2 Å². The van der Waals surface area contributed by atoms with Gasteiger partial charge < -0.3 is 9.47 Å². The summed E-state index contributed by atoms with van der Waals surface area (Å²) >= 11 is 0. The Kier molecular flexibility index (Phi) is 4.19. The molecule has 0 N–H and O–H groups in total. The quantitative estimate of drug-likeness (QED) is 0.715. The third kappa shape index (κ3) is 3.07. The summed E-state index contributed by atoms with van der Waals surface area (Å²) in [7, 11) is 2.11. The van der Waals surface area contributed by atoms with Gasteiger partial charge in [-0.3, -0.25) is 9.97 Å². The smallest absolute Gasteiger partial charge is 0.343 e. The number of hydrogen-bond acceptors (Lipinski definition) is 3. The second kappa shape index (κ2) is 6.39. The zero-order valence-corrected chi connectivity index (χ0v) is 14.4. The summed E-state index contributed by atoms with van der Waals surface area (Å²) in [5.74, 6) is 0. The molecule has 4 heterocycles. The molecule has 3 aromatic rings. The molecule has 0 radical (unpaired) electrons. The van der Waals surface area contributed by atoms with E-state index in [-0.39, 0.29) is 0 Å². The van der Waals surface area contributed by atoms with Gasteiger partial charge in [-0.15, -0.1) is 0 Å². The van der Waals surface area contributed by atoms with Crippen molar-refractivity contribution in [3.8, 4) is 0 Å². The van der Waals surface area contributed by atoms with Gasteiger partial charge in [0.2, 0.25) is 0 Å². The molecule has 0 spiro atoms. The second-order valence-corrected chi connectivity index (χ2v) is 6.76. The second-order valence-electron chi connectivity index (χ2n) is 6.76. The summed E-state index contributed by atoms with van der Waals surface area (Å²) in [6.07, 6.45) is 2.21. The molecule has 1 aliphatic rings. The minimum absolute atomic E-state index is 0.631. The van der Waals surface area contributed by atoms with Crippen molar-refractivity contribution in [2.45, 2.75) is 32.1 Å². The zero-order chi connectivity index (χ0) is 18.3. The molecule has 26 heavy (non-hydrogen) atoms.